The summed E-state index contributed by atoms with van der Waals surface area (Å²) in [6, 6.07) is 0. The van der Waals surface area contributed by atoms with E-state index in [0.29, 0.717) is 0 Å². The highest BCUT2D eigenvalue weighted by atomic mass is 33.1. The second-order valence-corrected chi connectivity index (χ2v) is 6.32. The number of unbranched alkanes of at least 4 members (excludes halogenated alkanes) is 6. The van der Waals surface area contributed by atoms with Crippen LogP contribution < -0.4 is 0 Å². The highest BCUT2D eigenvalue weighted by Crippen LogP contribution is 2.24. The van der Waals surface area contributed by atoms with Crippen molar-refractivity contribution in [2.45, 2.75) is 58.3 Å². The molecule has 0 saturated carbocycles. The SMILES string of the molecule is [CH2]CCCSSCCCCCCCC. The molecule has 0 spiro atoms. The Bertz CT molecular complexity index is 82.3. The molecule has 0 aliphatic rings. The molecule has 0 heterocycles. The van der Waals surface area contributed by atoms with Gasteiger partial charge < -0.3 is 0 Å². The molecule has 2 heteroatoms. The van der Waals surface area contributed by atoms with Gasteiger partial charge in [0.15, 0.2) is 0 Å². The first kappa shape index (κ1) is 14.7. The van der Waals surface area contributed by atoms with Gasteiger partial charge in [-0.15, -0.1) is 0 Å². The molecule has 0 fully saturated rings. The third-order valence-corrected chi connectivity index (χ3v) is 4.72. The summed E-state index contributed by atoms with van der Waals surface area (Å²) in [5, 5.41) is 0. The van der Waals surface area contributed by atoms with Gasteiger partial charge >= 0.3 is 0 Å². The Morgan fingerprint density at radius 1 is 0.786 bits per heavy atom. The summed E-state index contributed by atoms with van der Waals surface area (Å²) in [5.41, 5.74) is 0. The van der Waals surface area contributed by atoms with Gasteiger partial charge in [0.05, 0.1) is 0 Å². The minimum absolute atomic E-state index is 1.09. The first-order valence-electron chi connectivity index (χ1n) is 5.95. The van der Waals surface area contributed by atoms with E-state index in [2.05, 4.69) is 13.8 Å². The van der Waals surface area contributed by atoms with Crippen molar-refractivity contribution in [3.63, 3.8) is 0 Å². The summed E-state index contributed by atoms with van der Waals surface area (Å²) in [5.74, 6) is 2.62. The van der Waals surface area contributed by atoms with Crippen molar-refractivity contribution in [2.75, 3.05) is 11.5 Å². The first-order valence-corrected chi connectivity index (χ1v) is 8.44. The maximum absolute atomic E-state index is 3.84. The second-order valence-electron chi connectivity index (χ2n) is 3.62. The van der Waals surface area contributed by atoms with Gasteiger partial charge in [-0.2, -0.15) is 0 Å². The minimum atomic E-state index is 1.09. The molecule has 85 valence electrons. The number of hydrogen-bond donors (Lipinski definition) is 0. The van der Waals surface area contributed by atoms with Crippen LogP contribution in [-0.4, -0.2) is 11.5 Å². The molecular weight excluding hydrogens is 208 g/mol. The molecule has 1 radical (unpaired) electrons. The maximum Gasteiger partial charge on any atom is 0.00369 e. The molecule has 0 N–H and O–H groups in total. The monoisotopic (exact) mass is 233 g/mol. The summed E-state index contributed by atoms with van der Waals surface area (Å²) in [7, 11) is 4.07. The summed E-state index contributed by atoms with van der Waals surface area (Å²) in [4.78, 5) is 0. The fraction of sp³-hybridized carbons (Fsp3) is 0.917. The van der Waals surface area contributed by atoms with Gasteiger partial charge in [0.1, 0.15) is 0 Å². The van der Waals surface area contributed by atoms with E-state index in [9.17, 15) is 0 Å². The van der Waals surface area contributed by atoms with E-state index in [1.165, 1.54) is 56.5 Å². The molecule has 0 amide bonds. The fourth-order valence-corrected chi connectivity index (χ4v) is 3.51. The van der Waals surface area contributed by atoms with E-state index in [-0.39, 0.29) is 0 Å². The Hall–Kier alpha value is 0.700. The van der Waals surface area contributed by atoms with Crippen LogP contribution >= 0.6 is 21.6 Å². The molecule has 0 aromatic heterocycles. The molecule has 0 bridgehead atoms. The molecule has 0 aliphatic carbocycles. The molecule has 0 aromatic carbocycles. The van der Waals surface area contributed by atoms with Crippen molar-refractivity contribution in [2.24, 2.45) is 0 Å². The summed E-state index contributed by atoms with van der Waals surface area (Å²) < 4.78 is 0. The largest absolute Gasteiger partial charge is 0.0942 e. The van der Waals surface area contributed by atoms with Crippen LogP contribution in [0.4, 0.5) is 0 Å². The van der Waals surface area contributed by atoms with Crippen LogP contribution in [0.2, 0.25) is 0 Å². The van der Waals surface area contributed by atoms with E-state index >= 15 is 0 Å². The minimum Gasteiger partial charge on any atom is -0.0942 e. The van der Waals surface area contributed by atoms with Gasteiger partial charge in [-0.3, -0.25) is 0 Å². The lowest BCUT2D eigenvalue weighted by molar-refractivity contribution is 0.627. The molecule has 0 atom stereocenters. The summed E-state index contributed by atoms with van der Waals surface area (Å²) >= 11 is 0. The van der Waals surface area contributed by atoms with Crippen LogP contribution in [0.15, 0.2) is 0 Å². The summed E-state index contributed by atoms with van der Waals surface area (Å²) in [6.07, 6.45) is 10.9. The number of rotatable bonds is 11. The van der Waals surface area contributed by atoms with Crippen molar-refractivity contribution in [1.82, 2.24) is 0 Å². The van der Waals surface area contributed by atoms with Gasteiger partial charge in [-0.1, -0.05) is 74.0 Å². The van der Waals surface area contributed by atoms with Gasteiger partial charge in [0.25, 0.3) is 0 Å². The average molecular weight is 233 g/mol. The highest BCUT2D eigenvalue weighted by Gasteiger charge is 1.92. The van der Waals surface area contributed by atoms with Crippen molar-refractivity contribution < 1.29 is 0 Å². The van der Waals surface area contributed by atoms with E-state index < -0.39 is 0 Å². The van der Waals surface area contributed by atoms with Gasteiger partial charge in [0.2, 0.25) is 0 Å². The quantitative estimate of drug-likeness (QED) is 0.349. The normalized spacial score (nSPS) is 10.7. The molecule has 0 saturated heterocycles. The lowest BCUT2D eigenvalue weighted by Crippen LogP contribution is -1.81. The fourth-order valence-electron chi connectivity index (χ4n) is 1.22. The Labute approximate surface area is 98.4 Å². The molecule has 0 aliphatic heterocycles. The van der Waals surface area contributed by atoms with E-state index in [1.807, 2.05) is 21.6 Å². The molecule has 0 unspecified atom stereocenters. The third kappa shape index (κ3) is 12.7. The van der Waals surface area contributed by atoms with E-state index in [1.54, 1.807) is 0 Å². The Morgan fingerprint density at radius 2 is 1.36 bits per heavy atom. The zero-order valence-electron chi connectivity index (χ0n) is 9.59. The van der Waals surface area contributed by atoms with Crippen LogP contribution in [0.1, 0.15) is 58.3 Å². The third-order valence-electron chi connectivity index (χ3n) is 2.14. The summed E-state index contributed by atoms with van der Waals surface area (Å²) in [6.45, 7) is 6.11. The average Bonchev–Trinajstić information content (AvgIpc) is 2.21. The van der Waals surface area contributed by atoms with Crippen LogP contribution in [0.3, 0.4) is 0 Å². The number of hydrogen-bond acceptors (Lipinski definition) is 2. The van der Waals surface area contributed by atoms with E-state index in [0.717, 1.165) is 6.42 Å². The van der Waals surface area contributed by atoms with Crippen molar-refractivity contribution in [3.8, 4) is 0 Å². The van der Waals surface area contributed by atoms with E-state index in [4.69, 9.17) is 0 Å². The Morgan fingerprint density at radius 3 is 2.00 bits per heavy atom. The maximum atomic E-state index is 3.84. The molecule has 0 aromatic rings. The van der Waals surface area contributed by atoms with Gasteiger partial charge in [0, 0.05) is 11.5 Å². The Balaban J connectivity index is 2.78. The van der Waals surface area contributed by atoms with Crippen molar-refractivity contribution >= 4 is 21.6 Å². The van der Waals surface area contributed by atoms with Crippen molar-refractivity contribution in [3.05, 3.63) is 6.92 Å². The molecule has 14 heavy (non-hydrogen) atoms. The van der Waals surface area contributed by atoms with Crippen LogP contribution in [0, 0.1) is 6.92 Å². The first-order chi connectivity index (χ1) is 6.91. The van der Waals surface area contributed by atoms with Crippen molar-refractivity contribution in [1.29, 1.82) is 0 Å². The van der Waals surface area contributed by atoms with Crippen LogP contribution in [0.5, 0.6) is 0 Å². The molecule has 0 nitrogen and oxygen atoms in total. The van der Waals surface area contributed by atoms with Crippen LogP contribution in [-0.2, 0) is 0 Å². The predicted octanol–water partition coefficient (Wildman–Crippen LogP) is 5.34. The Kier molecular flexibility index (Phi) is 14.4. The molecule has 0 rings (SSSR count). The van der Waals surface area contributed by atoms with Crippen LogP contribution in [0.25, 0.3) is 0 Å². The topological polar surface area (TPSA) is 0 Å². The second kappa shape index (κ2) is 13.7. The molecular formula is C12H25S2. The highest BCUT2D eigenvalue weighted by molar-refractivity contribution is 8.76. The standard InChI is InChI=1S/C12H25S2/c1-3-5-7-8-9-10-12-14-13-11-6-4-2/h2-12H2,1H3. The smallest absolute Gasteiger partial charge is 0.00369 e. The zero-order chi connectivity index (χ0) is 10.5. The predicted molar refractivity (Wildman–Crippen MR) is 72.9 cm³/mol. The van der Waals surface area contributed by atoms with Gasteiger partial charge in [-0.25, -0.2) is 0 Å². The zero-order valence-corrected chi connectivity index (χ0v) is 11.2. The lowest BCUT2D eigenvalue weighted by atomic mass is 10.1. The lowest BCUT2D eigenvalue weighted by Gasteiger charge is -2.00. The van der Waals surface area contributed by atoms with Gasteiger partial charge in [-0.05, 0) is 12.8 Å².